The highest BCUT2D eigenvalue weighted by atomic mass is 79.9. The summed E-state index contributed by atoms with van der Waals surface area (Å²) in [6, 6.07) is 7.76. The van der Waals surface area contributed by atoms with Crippen molar-refractivity contribution in [2.45, 2.75) is 12.5 Å². The molecule has 4 heteroatoms. The Morgan fingerprint density at radius 2 is 2.13 bits per heavy atom. The largest absolute Gasteiger partial charge is 0.371 e. The van der Waals surface area contributed by atoms with Crippen molar-refractivity contribution in [2.24, 2.45) is 0 Å². The van der Waals surface area contributed by atoms with Crippen LogP contribution in [0.15, 0.2) is 28.7 Å². The van der Waals surface area contributed by atoms with Gasteiger partial charge < -0.3 is 10.1 Å². The second-order valence-corrected chi connectivity index (χ2v) is 4.48. The summed E-state index contributed by atoms with van der Waals surface area (Å²) in [5, 5.41) is 2.83. The van der Waals surface area contributed by atoms with Gasteiger partial charge in [-0.2, -0.15) is 0 Å². The zero-order valence-corrected chi connectivity index (χ0v) is 9.79. The van der Waals surface area contributed by atoms with Crippen molar-refractivity contribution in [2.75, 3.05) is 13.2 Å². The molecule has 0 aromatic heterocycles. The number of carbonyl (C=O) groups is 1. The van der Waals surface area contributed by atoms with Crippen molar-refractivity contribution in [3.8, 4) is 0 Å². The molecule has 1 aromatic rings. The Kier molecular flexibility index (Phi) is 3.38. The van der Waals surface area contributed by atoms with Gasteiger partial charge in [0.2, 0.25) is 5.91 Å². The third-order valence-corrected chi connectivity index (χ3v) is 2.74. The lowest BCUT2D eigenvalue weighted by molar-refractivity contribution is -0.120. The van der Waals surface area contributed by atoms with Crippen molar-refractivity contribution >= 4 is 21.8 Å². The molecule has 15 heavy (non-hydrogen) atoms. The summed E-state index contributed by atoms with van der Waals surface area (Å²) in [6.45, 7) is 1.41. The van der Waals surface area contributed by atoms with Crippen LogP contribution in [0.1, 0.15) is 5.56 Å². The first-order valence-corrected chi connectivity index (χ1v) is 5.66. The van der Waals surface area contributed by atoms with Crippen molar-refractivity contribution < 1.29 is 9.53 Å². The molecule has 0 bridgehead atoms. The van der Waals surface area contributed by atoms with Gasteiger partial charge in [-0.25, -0.2) is 0 Å². The molecule has 1 saturated heterocycles. The second kappa shape index (κ2) is 4.77. The highest BCUT2D eigenvalue weighted by Crippen LogP contribution is 2.11. The van der Waals surface area contributed by atoms with Gasteiger partial charge >= 0.3 is 0 Å². The van der Waals surface area contributed by atoms with E-state index in [1.165, 1.54) is 0 Å². The third-order valence-electron chi connectivity index (χ3n) is 2.21. The molecule has 1 fully saturated rings. The van der Waals surface area contributed by atoms with E-state index in [9.17, 15) is 4.79 Å². The van der Waals surface area contributed by atoms with Crippen LogP contribution in [-0.2, 0) is 16.0 Å². The average molecular weight is 270 g/mol. The summed E-state index contributed by atoms with van der Waals surface area (Å²) in [7, 11) is 0. The van der Waals surface area contributed by atoms with Crippen LogP contribution in [0.3, 0.4) is 0 Å². The fraction of sp³-hybridized carbons (Fsp3) is 0.364. The molecule has 1 heterocycles. The highest BCUT2D eigenvalue weighted by Gasteiger charge is 2.22. The van der Waals surface area contributed by atoms with E-state index in [4.69, 9.17) is 4.74 Å². The summed E-state index contributed by atoms with van der Waals surface area (Å²) < 4.78 is 6.03. The molecule has 2 rings (SSSR count). The minimum absolute atomic E-state index is 0.0489. The molecule has 0 saturated carbocycles. The Labute approximate surface area is 96.9 Å². The normalized spacial score (nSPS) is 18.6. The van der Waals surface area contributed by atoms with Gasteiger partial charge in [-0.1, -0.05) is 28.1 Å². The fourth-order valence-corrected chi connectivity index (χ4v) is 1.53. The first-order valence-electron chi connectivity index (χ1n) is 4.87. The maximum atomic E-state index is 11.5. The molecule has 1 aromatic carbocycles. The van der Waals surface area contributed by atoms with Crippen LogP contribution in [0.4, 0.5) is 0 Å². The smallest absolute Gasteiger partial charge is 0.224 e. The minimum Gasteiger partial charge on any atom is -0.371 e. The van der Waals surface area contributed by atoms with Crippen LogP contribution in [-0.4, -0.2) is 25.2 Å². The number of amides is 1. The van der Waals surface area contributed by atoms with Gasteiger partial charge in [0.05, 0.1) is 19.1 Å². The fourth-order valence-electron chi connectivity index (χ4n) is 1.26. The Bertz CT molecular complexity index is 346. The monoisotopic (exact) mass is 269 g/mol. The number of carbonyl (C=O) groups excluding carboxylic acids is 1. The van der Waals surface area contributed by atoms with E-state index in [0.29, 0.717) is 13.0 Å². The number of ether oxygens (including phenoxy) is 1. The molecule has 1 atom stereocenters. The predicted octanol–water partition coefficient (Wildman–Crippen LogP) is 1.51. The molecule has 0 radical (unpaired) electrons. The zero-order chi connectivity index (χ0) is 10.7. The molecule has 80 valence electrons. The molecular weight excluding hydrogens is 258 g/mol. The zero-order valence-electron chi connectivity index (χ0n) is 8.20. The second-order valence-electron chi connectivity index (χ2n) is 3.56. The summed E-state index contributed by atoms with van der Waals surface area (Å²) in [6.07, 6.45) is 0.680. The van der Waals surface area contributed by atoms with Crippen molar-refractivity contribution in [3.63, 3.8) is 0 Å². The lowest BCUT2D eigenvalue weighted by Gasteiger charge is -2.03. The van der Waals surface area contributed by atoms with E-state index in [1.54, 1.807) is 0 Å². The van der Waals surface area contributed by atoms with E-state index < -0.39 is 0 Å². The van der Waals surface area contributed by atoms with Gasteiger partial charge in [-0.05, 0) is 17.7 Å². The summed E-state index contributed by atoms with van der Waals surface area (Å²) >= 11 is 3.35. The van der Waals surface area contributed by atoms with Crippen molar-refractivity contribution in [1.29, 1.82) is 0 Å². The van der Waals surface area contributed by atoms with Gasteiger partial charge in [0.1, 0.15) is 0 Å². The summed E-state index contributed by atoms with van der Waals surface area (Å²) in [4.78, 5) is 11.5. The molecule has 1 amide bonds. The number of hydrogen-bond acceptors (Lipinski definition) is 2. The third kappa shape index (κ3) is 3.64. The number of hydrogen-bond donors (Lipinski definition) is 1. The van der Waals surface area contributed by atoms with E-state index >= 15 is 0 Å². The van der Waals surface area contributed by atoms with Gasteiger partial charge in [-0.3, -0.25) is 4.79 Å². The van der Waals surface area contributed by atoms with Crippen LogP contribution in [0.25, 0.3) is 0 Å². The van der Waals surface area contributed by atoms with Gasteiger partial charge in [0.25, 0.3) is 0 Å². The number of rotatable bonds is 4. The molecule has 3 nitrogen and oxygen atoms in total. The van der Waals surface area contributed by atoms with Crippen molar-refractivity contribution in [3.05, 3.63) is 34.3 Å². The van der Waals surface area contributed by atoms with Crippen LogP contribution in [0.5, 0.6) is 0 Å². The average Bonchev–Trinajstić information content (AvgIpc) is 3.02. The molecule has 0 spiro atoms. The van der Waals surface area contributed by atoms with Crippen molar-refractivity contribution in [1.82, 2.24) is 5.32 Å². The van der Waals surface area contributed by atoms with Crippen LogP contribution >= 0.6 is 15.9 Å². The number of halogens is 1. The van der Waals surface area contributed by atoms with Crippen LogP contribution in [0, 0.1) is 0 Å². The number of nitrogens with one attached hydrogen (secondary N) is 1. The van der Waals surface area contributed by atoms with Crippen LogP contribution in [0.2, 0.25) is 0 Å². The minimum atomic E-state index is 0.0489. The molecule has 1 N–H and O–H groups in total. The topological polar surface area (TPSA) is 41.6 Å². The predicted molar refractivity (Wildman–Crippen MR) is 60.6 cm³/mol. The Morgan fingerprint density at radius 1 is 1.47 bits per heavy atom. The molecule has 0 unspecified atom stereocenters. The first-order chi connectivity index (χ1) is 7.24. The van der Waals surface area contributed by atoms with E-state index in [1.807, 2.05) is 24.3 Å². The van der Waals surface area contributed by atoms with Gasteiger partial charge in [0, 0.05) is 11.0 Å². The summed E-state index contributed by atoms with van der Waals surface area (Å²) in [5.41, 5.74) is 1.02. The maximum Gasteiger partial charge on any atom is 0.224 e. The standard InChI is InChI=1S/C11H12BrNO2/c12-9-3-1-8(2-4-9)5-11(14)13-6-10-7-15-10/h1-4,10H,5-7H2,(H,13,14)/t10-/m0/s1. The Balaban J connectivity index is 1.79. The molecule has 0 aliphatic carbocycles. The van der Waals surface area contributed by atoms with E-state index in [0.717, 1.165) is 16.6 Å². The summed E-state index contributed by atoms with van der Waals surface area (Å²) in [5.74, 6) is 0.0489. The van der Waals surface area contributed by atoms with Gasteiger partial charge in [-0.15, -0.1) is 0 Å². The highest BCUT2D eigenvalue weighted by molar-refractivity contribution is 9.10. The molecule has 1 aliphatic heterocycles. The molecular formula is C11H12BrNO2. The first kappa shape index (κ1) is 10.6. The molecule has 1 aliphatic rings. The quantitative estimate of drug-likeness (QED) is 0.842. The SMILES string of the molecule is O=C(Cc1ccc(Br)cc1)NC[C@H]1CO1. The van der Waals surface area contributed by atoms with E-state index in [2.05, 4.69) is 21.2 Å². The van der Waals surface area contributed by atoms with E-state index in [-0.39, 0.29) is 12.0 Å². The Morgan fingerprint density at radius 3 is 2.73 bits per heavy atom. The Hall–Kier alpha value is -0.870. The van der Waals surface area contributed by atoms with Crippen LogP contribution < -0.4 is 5.32 Å². The number of benzene rings is 1. The number of epoxide rings is 1. The lowest BCUT2D eigenvalue weighted by Crippen LogP contribution is -2.28. The van der Waals surface area contributed by atoms with Gasteiger partial charge in [0.15, 0.2) is 0 Å². The maximum absolute atomic E-state index is 11.5. The lowest BCUT2D eigenvalue weighted by atomic mass is 10.1.